The molecule has 11 heteroatoms. The highest BCUT2D eigenvalue weighted by Gasteiger charge is 2.23. The predicted octanol–water partition coefficient (Wildman–Crippen LogP) is 2.34. The van der Waals surface area contributed by atoms with Crippen LogP contribution in [0.15, 0.2) is 41.3 Å². The zero-order chi connectivity index (χ0) is 21.1. The standard InChI is InChI=1S/C19H22BrN9O/c20-13-6-5-11(9-16(13)29-24-7-8-25-29)26-18-12(17(22)30)10-23-19(28-18)27-15-4-2-1-3-14(15)21/h5-10,14-15H,1-4,21H2,(H2,22,30)(H2,23,26,27,28)/t14-,15+/m0/s1. The maximum absolute atomic E-state index is 11.9. The van der Waals surface area contributed by atoms with Crippen molar-refractivity contribution in [3.63, 3.8) is 0 Å². The maximum atomic E-state index is 11.9. The van der Waals surface area contributed by atoms with Crippen LogP contribution < -0.4 is 22.1 Å². The number of anilines is 3. The van der Waals surface area contributed by atoms with Crippen molar-refractivity contribution in [3.8, 4) is 5.69 Å². The molecule has 0 bridgehead atoms. The lowest BCUT2D eigenvalue weighted by atomic mass is 9.91. The molecule has 1 amide bonds. The molecule has 0 radical (unpaired) electrons. The second-order valence-electron chi connectivity index (χ2n) is 7.13. The maximum Gasteiger partial charge on any atom is 0.254 e. The van der Waals surface area contributed by atoms with Gasteiger partial charge in [0.05, 0.1) is 12.4 Å². The van der Waals surface area contributed by atoms with Gasteiger partial charge in [-0.2, -0.15) is 20.0 Å². The lowest BCUT2D eigenvalue weighted by Gasteiger charge is -2.29. The minimum Gasteiger partial charge on any atom is -0.365 e. The van der Waals surface area contributed by atoms with E-state index >= 15 is 0 Å². The number of hydrogen-bond donors (Lipinski definition) is 4. The number of nitrogens with zero attached hydrogens (tertiary/aromatic N) is 5. The number of aromatic nitrogens is 5. The number of nitrogens with one attached hydrogen (secondary N) is 2. The number of nitrogens with two attached hydrogens (primary N) is 2. The van der Waals surface area contributed by atoms with Gasteiger partial charge in [-0.25, -0.2) is 4.98 Å². The summed E-state index contributed by atoms with van der Waals surface area (Å²) in [5.41, 5.74) is 13.3. The van der Waals surface area contributed by atoms with Crippen molar-refractivity contribution in [2.45, 2.75) is 37.8 Å². The van der Waals surface area contributed by atoms with Crippen molar-refractivity contribution in [2.24, 2.45) is 11.5 Å². The van der Waals surface area contributed by atoms with Gasteiger partial charge in [-0.05, 0) is 47.0 Å². The first-order chi connectivity index (χ1) is 14.5. The molecule has 3 aromatic rings. The second kappa shape index (κ2) is 8.76. The fourth-order valence-corrected chi connectivity index (χ4v) is 3.86. The molecule has 0 spiro atoms. The predicted molar refractivity (Wildman–Crippen MR) is 117 cm³/mol. The topological polar surface area (TPSA) is 150 Å². The number of amides is 1. The number of carbonyl (C=O) groups is 1. The molecule has 2 heterocycles. The highest BCUT2D eigenvalue weighted by molar-refractivity contribution is 9.10. The van der Waals surface area contributed by atoms with Crippen LogP contribution in [0.1, 0.15) is 36.0 Å². The smallest absolute Gasteiger partial charge is 0.254 e. The van der Waals surface area contributed by atoms with E-state index in [0.29, 0.717) is 17.5 Å². The summed E-state index contributed by atoms with van der Waals surface area (Å²) in [7, 11) is 0. The number of rotatable bonds is 6. The van der Waals surface area contributed by atoms with E-state index < -0.39 is 5.91 Å². The Bertz CT molecular complexity index is 1040. The summed E-state index contributed by atoms with van der Waals surface area (Å²) in [5.74, 6) is 0.0894. The molecule has 0 aliphatic heterocycles. The van der Waals surface area contributed by atoms with Crippen LogP contribution in [-0.4, -0.2) is 43.0 Å². The fourth-order valence-electron chi connectivity index (χ4n) is 3.45. The Morgan fingerprint density at radius 1 is 1.20 bits per heavy atom. The molecule has 2 atom stereocenters. The van der Waals surface area contributed by atoms with Crippen LogP contribution in [0.5, 0.6) is 0 Å². The molecule has 1 aliphatic carbocycles. The number of carbonyl (C=O) groups excluding carboxylic acids is 1. The van der Waals surface area contributed by atoms with Gasteiger partial charge in [0, 0.05) is 28.4 Å². The van der Waals surface area contributed by atoms with Crippen LogP contribution in [0.25, 0.3) is 5.69 Å². The van der Waals surface area contributed by atoms with Gasteiger partial charge in [0.25, 0.3) is 5.91 Å². The summed E-state index contributed by atoms with van der Waals surface area (Å²) in [6.45, 7) is 0. The Balaban J connectivity index is 1.62. The third kappa shape index (κ3) is 4.41. The van der Waals surface area contributed by atoms with E-state index in [1.54, 1.807) is 12.4 Å². The van der Waals surface area contributed by atoms with Crippen LogP contribution in [0, 0.1) is 0 Å². The highest BCUT2D eigenvalue weighted by Crippen LogP contribution is 2.27. The number of hydrogen-bond acceptors (Lipinski definition) is 8. The van der Waals surface area contributed by atoms with Crippen LogP contribution in [0.3, 0.4) is 0 Å². The molecule has 156 valence electrons. The highest BCUT2D eigenvalue weighted by atomic mass is 79.9. The molecule has 0 unspecified atom stereocenters. The lowest BCUT2D eigenvalue weighted by Crippen LogP contribution is -2.43. The molecule has 0 saturated heterocycles. The molecule has 1 fully saturated rings. The van der Waals surface area contributed by atoms with Crippen LogP contribution in [0.4, 0.5) is 17.5 Å². The van der Waals surface area contributed by atoms with Gasteiger partial charge in [-0.15, -0.1) is 0 Å². The third-order valence-corrected chi connectivity index (χ3v) is 5.70. The third-order valence-electron chi connectivity index (χ3n) is 5.03. The average Bonchev–Trinajstić information content (AvgIpc) is 3.26. The lowest BCUT2D eigenvalue weighted by molar-refractivity contribution is 0.100. The zero-order valence-electron chi connectivity index (χ0n) is 16.1. The average molecular weight is 472 g/mol. The first kappa shape index (κ1) is 20.2. The molecule has 30 heavy (non-hydrogen) atoms. The van der Waals surface area contributed by atoms with Crippen LogP contribution in [0.2, 0.25) is 0 Å². The van der Waals surface area contributed by atoms with Crippen molar-refractivity contribution in [2.75, 3.05) is 10.6 Å². The molecular weight excluding hydrogens is 450 g/mol. The van der Waals surface area contributed by atoms with Crippen molar-refractivity contribution in [1.29, 1.82) is 0 Å². The molecular formula is C19H22BrN9O. The minimum absolute atomic E-state index is 0.0465. The van der Waals surface area contributed by atoms with E-state index in [1.807, 2.05) is 18.2 Å². The Hall–Kier alpha value is -3.05. The summed E-state index contributed by atoms with van der Waals surface area (Å²) in [5, 5.41) is 14.8. The second-order valence-corrected chi connectivity index (χ2v) is 7.98. The Labute approximate surface area is 181 Å². The Kier molecular flexibility index (Phi) is 5.91. The van der Waals surface area contributed by atoms with Crippen LogP contribution in [-0.2, 0) is 0 Å². The van der Waals surface area contributed by atoms with Crippen molar-refractivity contribution >= 4 is 39.3 Å². The van der Waals surface area contributed by atoms with E-state index in [0.717, 1.165) is 35.8 Å². The fraction of sp³-hybridized carbons (Fsp3) is 0.316. The monoisotopic (exact) mass is 471 g/mol. The van der Waals surface area contributed by atoms with Crippen molar-refractivity contribution in [3.05, 3.63) is 46.8 Å². The van der Waals surface area contributed by atoms with Gasteiger partial charge < -0.3 is 22.1 Å². The quantitative estimate of drug-likeness (QED) is 0.427. The van der Waals surface area contributed by atoms with Gasteiger partial charge in [-0.3, -0.25) is 4.79 Å². The SMILES string of the molecule is NC(=O)c1cnc(N[C@@H]2CCCC[C@@H]2N)nc1Nc1ccc(Br)c(-n2nccn2)c1. The van der Waals surface area contributed by atoms with E-state index in [9.17, 15) is 4.79 Å². The van der Waals surface area contributed by atoms with E-state index in [4.69, 9.17) is 11.5 Å². The van der Waals surface area contributed by atoms with E-state index in [1.165, 1.54) is 11.0 Å². The summed E-state index contributed by atoms with van der Waals surface area (Å²) < 4.78 is 0.815. The molecule has 10 nitrogen and oxygen atoms in total. The van der Waals surface area contributed by atoms with Gasteiger partial charge in [0.15, 0.2) is 0 Å². The van der Waals surface area contributed by atoms with Gasteiger partial charge in [-0.1, -0.05) is 12.8 Å². The molecule has 6 N–H and O–H groups in total. The first-order valence-corrected chi connectivity index (χ1v) is 10.4. The van der Waals surface area contributed by atoms with Crippen molar-refractivity contribution < 1.29 is 4.79 Å². The van der Waals surface area contributed by atoms with Gasteiger partial charge in [0.1, 0.15) is 17.1 Å². The number of benzene rings is 1. The molecule has 1 aliphatic rings. The number of primary amides is 1. The number of halogens is 1. The van der Waals surface area contributed by atoms with E-state index in [-0.39, 0.29) is 17.6 Å². The summed E-state index contributed by atoms with van der Waals surface area (Å²) in [6, 6.07) is 5.67. The van der Waals surface area contributed by atoms with Crippen molar-refractivity contribution in [1.82, 2.24) is 25.0 Å². The minimum atomic E-state index is -0.621. The normalized spacial score (nSPS) is 18.7. The van der Waals surface area contributed by atoms with E-state index in [2.05, 4.69) is 46.7 Å². The van der Waals surface area contributed by atoms with Gasteiger partial charge in [0.2, 0.25) is 5.95 Å². The molecule has 2 aromatic heterocycles. The van der Waals surface area contributed by atoms with Gasteiger partial charge >= 0.3 is 0 Å². The Morgan fingerprint density at radius 3 is 2.70 bits per heavy atom. The molecule has 4 rings (SSSR count). The largest absolute Gasteiger partial charge is 0.365 e. The molecule has 1 saturated carbocycles. The first-order valence-electron chi connectivity index (χ1n) is 9.63. The van der Waals surface area contributed by atoms with Crippen LogP contribution >= 0.6 is 15.9 Å². The molecule has 1 aromatic carbocycles. The zero-order valence-corrected chi connectivity index (χ0v) is 17.7. The summed E-state index contributed by atoms with van der Waals surface area (Å²) in [6.07, 6.45) is 8.77. The summed E-state index contributed by atoms with van der Waals surface area (Å²) in [4.78, 5) is 22.1. The summed E-state index contributed by atoms with van der Waals surface area (Å²) >= 11 is 3.50. The Morgan fingerprint density at radius 2 is 1.97 bits per heavy atom.